The maximum absolute atomic E-state index is 7.23. The molecular weight excluding hydrogens is 747 g/mol. The molecule has 0 aliphatic rings. The minimum Gasteiger partial charge on any atom is -0.453 e. The number of hydrogen-bond donors (Lipinski definition) is 1. The number of nitrogens with two attached hydrogens (primary N) is 1. The van der Waals surface area contributed by atoms with Crippen LogP contribution < -0.4 is 5.73 Å². The molecular formula is C55H37N5O. The van der Waals surface area contributed by atoms with E-state index >= 15 is 0 Å². The molecule has 0 radical (unpaired) electrons. The van der Waals surface area contributed by atoms with Crippen molar-refractivity contribution in [3.63, 3.8) is 0 Å². The maximum atomic E-state index is 7.23. The monoisotopic (exact) mass is 783 g/mol. The van der Waals surface area contributed by atoms with E-state index in [1.807, 2.05) is 48.5 Å². The Morgan fingerprint density at radius 3 is 1.92 bits per heavy atom. The Hall–Kier alpha value is -8.22. The van der Waals surface area contributed by atoms with E-state index in [0.717, 1.165) is 77.3 Å². The van der Waals surface area contributed by atoms with Crippen molar-refractivity contribution in [2.45, 2.75) is 6.54 Å². The van der Waals surface area contributed by atoms with Crippen molar-refractivity contribution in [2.24, 2.45) is 15.7 Å². The highest BCUT2D eigenvalue weighted by molar-refractivity contribution is 6.29. The number of fused-ring (bicyclic) bond motifs is 12. The zero-order valence-corrected chi connectivity index (χ0v) is 33.0. The van der Waals surface area contributed by atoms with Crippen LogP contribution in [0.5, 0.6) is 0 Å². The normalized spacial score (nSPS) is 12.6. The Morgan fingerprint density at radius 1 is 0.492 bits per heavy atom. The lowest BCUT2D eigenvalue weighted by molar-refractivity contribution is 0.666. The second-order valence-corrected chi connectivity index (χ2v) is 15.5. The first-order valence-corrected chi connectivity index (χ1v) is 20.6. The molecule has 0 aliphatic heterocycles. The first-order chi connectivity index (χ1) is 30.2. The number of rotatable bonds is 6. The zero-order chi connectivity index (χ0) is 40.4. The van der Waals surface area contributed by atoms with Crippen LogP contribution in [0.3, 0.4) is 0 Å². The van der Waals surface area contributed by atoms with E-state index in [1.165, 1.54) is 21.5 Å². The summed E-state index contributed by atoms with van der Waals surface area (Å²) < 4.78 is 12.0. The number of aromatic nitrogens is 2. The van der Waals surface area contributed by atoms with Crippen LogP contribution in [0.25, 0.3) is 87.7 Å². The van der Waals surface area contributed by atoms with Gasteiger partial charge in [0, 0.05) is 43.6 Å². The molecule has 0 bridgehead atoms. The van der Waals surface area contributed by atoms with Gasteiger partial charge in [-0.05, 0) is 58.8 Å². The van der Waals surface area contributed by atoms with Crippen LogP contribution in [0, 0.1) is 0 Å². The van der Waals surface area contributed by atoms with Crippen LogP contribution in [0.1, 0.15) is 16.7 Å². The van der Waals surface area contributed by atoms with Crippen molar-refractivity contribution >= 4 is 88.0 Å². The van der Waals surface area contributed by atoms with Gasteiger partial charge in [0.15, 0.2) is 11.4 Å². The van der Waals surface area contributed by atoms with Crippen LogP contribution in [-0.2, 0) is 6.54 Å². The minimum absolute atomic E-state index is 0.333. The number of hydrogen-bond acceptors (Lipinski definition) is 2. The van der Waals surface area contributed by atoms with Crippen LogP contribution >= 0.6 is 0 Å². The molecule has 0 aliphatic carbocycles. The molecule has 288 valence electrons. The highest BCUT2D eigenvalue weighted by Gasteiger charge is 2.24. The lowest BCUT2D eigenvalue weighted by Gasteiger charge is -2.10. The highest BCUT2D eigenvalue weighted by Crippen LogP contribution is 2.45. The Balaban J connectivity index is 1.15. The van der Waals surface area contributed by atoms with Crippen LogP contribution in [0.15, 0.2) is 215 Å². The molecule has 0 fully saturated rings. The maximum Gasteiger partial charge on any atom is 0.159 e. The molecule has 0 spiro atoms. The number of nitrogens with zero attached hydrogens (tertiary/aromatic N) is 4. The van der Waals surface area contributed by atoms with Gasteiger partial charge in [0.2, 0.25) is 0 Å². The average Bonchev–Trinajstić information content (AvgIpc) is 3.99. The molecule has 12 rings (SSSR count). The molecule has 0 unspecified atom stereocenters. The second kappa shape index (κ2) is 14.0. The molecule has 0 saturated heterocycles. The molecule has 2 N–H and O–H groups in total. The summed E-state index contributed by atoms with van der Waals surface area (Å²) in [7, 11) is 0. The molecule has 0 atom stereocenters. The molecule has 0 saturated carbocycles. The van der Waals surface area contributed by atoms with E-state index in [2.05, 4.69) is 161 Å². The molecule has 0 amide bonds. The van der Waals surface area contributed by atoms with Crippen molar-refractivity contribution in [1.29, 1.82) is 0 Å². The van der Waals surface area contributed by atoms with Gasteiger partial charge in [-0.1, -0.05) is 158 Å². The van der Waals surface area contributed by atoms with Gasteiger partial charge in [0.1, 0.15) is 11.4 Å². The standard InChI is InChI=1S/C55H37N5O/c56-54(58-55(36-19-6-2-7-20-36)57-34-35-17-4-1-5-18-35)44-33-37-21-10-11-24-39(37)49-43-27-16-30-48(52(43)61-53(44)49)60-45-28-14-12-25-40(45)41-31-32-47-50(51(41)60)42-26-13-15-29-46(42)59(47)38-22-8-3-9-23-38/h1-33H,34H2,(H2,56,57,58). The van der Waals surface area contributed by atoms with E-state index in [4.69, 9.17) is 20.1 Å². The predicted molar refractivity (Wildman–Crippen MR) is 254 cm³/mol. The highest BCUT2D eigenvalue weighted by atomic mass is 16.3. The fraction of sp³-hybridized carbons (Fsp3) is 0.0182. The molecule has 12 aromatic rings. The average molecular weight is 784 g/mol. The van der Waals surface area contributed by atoms with Crippen LogP contribution in [0.4, 0.5) is 0 Å². The van der Waals surface area contributed by atoms with Crippen molar-refractivity contribution < 1.29 is 4.42 Å². The van der Waals surface area contributed by atoms with Gasteiger partial charge < -0.3 is 19.3 Å². The van der Waals surface area contributed by atoms with Gasteiger partial charge >= 0.3 is 0 Å². The number of furan rings is 1. The first kappa shape index (κ1) is 34.8. The lowest BCUT2D eigenvalue weighted by atomic mass is 9.99. The molecule has 3 heterocycles. The summed E-state index contributed by atoms with van der Waals surface area (Å²) in [6, 6.07) is 69.8. The summed E-state index contributed by atoms with van der Waals surface area (Å²) in [5.41, 5.74) is 17.9. The third-order valence-electron chi connectivity index (χ3n) is 12.0. The lowest BCUT2D eigenvalue weighted by Crippen LogP contribution is -2.17. The molecule has 6 heteroatoms. The molecule has 61 heavy (non-hydrogen) atoms. The molecule has 9 aromatic carbocycles. The zero-order valence-electron chi connectivity index (χ0n) is 33.0. The fourth-order valence-electron chi connectivity index (χ4n) is 9.32. The van der Waals surface area contributed by atoms with E-state index in [9.17, 15) is 0 Å². The summed E-state index contributed by atoms with van der Waals surface area (Å²) in [5.74, 6) is 0.892. The van der Waals surface area contributed by atoms with Crippen molar-refractivity contribution in [2.75, 3.05) is 0 Å². The third-order valence-corrected chi connectivity index (χ3v) is 12.0. The number of aliphatic imine (C=N–C) groups is 2. The van der Waals surface area contributed by atoms with Gasteiger partial charge in [0.25, 0.3) is 0 Å². The third kappa shape index (κ3) is 5.50. The van der Waals surface area contributed by atoms with E-state index < -0.39 is 0 Å². The quantitative estimate of drug-likeness (QED) is 0.135. The summed E-state index contributed by atoms with van der Waals surface area (Å²) in [4.78, 5) is 10.1. The Bertz CT molecular complexity index is 3720. The van der Waals surface area contributed by atoms with E-state index in [-0.39, 0.29) is 0 Å². The number of para-hydroxylation sites is 4. The van der Waals surface area contributed by atoms with Crippen LogP contribution in [0.2, 0.25) is 0 Å². The SMILES string of the molecule is NC(=NC(=NCc1ccccc1)c1ccccc1)c1cc2ccccc2c2c1oc1c(-n3c4ccccc4c4ccc5c(c6ccccc6n5-c5ccccc5)c43)cccc12. The summed E-state index contributed by atoms with van der Waals surface area (Å²) in [5, 5.41) is 8.86. The summed E-state index contributed by atoms with van der Waals surface area (Å²) in [6.45, 7) is 0.471. The Morgan fingerprint density at radius 2 is 1.13 bits per heavy atom. The second-order valence-electron chi connectivity index (χ2n) is 15.5. The minimum atomic E-state index is 0.333. The number of amidine groups is 2. The summed E-state index contributed by atoms with van der Waals surface area (Å²) in [6.07, 6.45) is 0. The van der Waals surface area contributed by atoms with Gasteiger partial charge in [-0.15, -0.1) is 0 Å². The van der Waals surface area contributed by atoms with Crippen molar-refractivity contribution in [3.05, 3.63) is 217 Å². The van der Waals surface area contributed by atoms with Crippen molar-refractivity contribution in [3.8, 4) is 11.4 Å². The van der Waals surface area contributed by atoms with Crippen LogP contribution in [-0.4, -0.2) is 20.8 Å². The predicted octanol–water partition coefficient (Wildman–Crippen LogP) is 13.3. The Kier molecular flexibility index (Phi) is 7.96. The van der Waals surface area contributed by atoms with E-state index in [0.29, 0.717) is 23.8 Å². The molecule has 6 nitrogen and oxygen atoms in total. The largest absolute Gasteiger partial charge is 0.453 e. The van der Waals surface area contributed by atoms with Gasteiger partial charge in [-0.3, -0.25) is 4.99 Å². The van der Waals surface area contributed by atoms with Gasteiger partial charge in [-0.25, -0.2) is 4.99 Å². The topological polar surface area (TPSA) is 73.7 Å². The van der Waals surface area contributed by atoms with Crippen molar-refractivity contribution in [1.82, 2.24) is 9.13 Å². The van der Waals surface area contributed by atoms with Gasteiger partial charge in [-0.2, -0.15) is 0 Å². The van der Waals surface area contributed by atoms with E-state index in [1.54, 1.807) is 0 Å². The Labute approximate surface area is 350 Å². The smallest absolute Gasteiger partial charge is 0.159 e. The first-order valence-electron chi connectivity index (χ1n) is 20.6. The van der Waals surface area contributed by atoms with Gasteiger partial charge in [0.05, 0.1) is 39.9 Å². The summed E-state index contributed by atoms with van der Waals surface area (Å²) >= 11 is 0. The fourth-order valence-corrected chi connectivity index (χ4v) is 9.32. The number of benzene rings is 9. The molecule has 3 aromatic heterocycles.